The molecule has 0 aliphatic heterocycles. The number of allylic oxidation sites excluding steroid dienone is 2. The Morgan fingerprint density at radius 3 is 2.59 bits per heavy atom. The van der Waals surface area contributed by atoms with E-state index < -0.39 is 14.3 Å². The number of Topliss-reactive ketones (excluding diaryl/α,β-unsaturated/α-hetero) is 1. The molecule has 0 bridgehead atoms. The number of aliphatic carboxylic acids is 1. The number of carboxylic acids is 1. The number of unbranched alkanes of at least 4 members (excludes halogenated alkanes) is 1. The fourth-order valence-corrected chi connectivity index (χ4v) is 5.26. The molecule has 32 heavy (non-hydrogen) atoms. The monoisotopic (exact) mass is 456 g/mol. The van der Waals surface area contributed by atoms with E-state index in [1.54, 1.807) is 0 Å². The van der Waals surface area contributed by atoms with Crippen LogP contribution in [-0.4, -0.2) is 31.3 Å². The fraction of sp³-hybridized carbons (Fsp3) is 0.556. The lowest BCUT2D eigenvalue weighted by molar-refractivity contribution is -0.137. The Morgan fingerprint density at radius 2 is 1.97 bits per heavy atom. The number of hydrogen-bond acceptors (Lipinski definition) is 3. The molecule has 4 nitrogen and oxygen atoms in total. The molecule has 0 amide bonds. The first kappa shape index (κ1) is 26.3. The summed E-state index contributed by atoms with van der Waals surface area (Å²) < 4.78 is 6.74. The average molecular weight is 457 g/mol. The highest BCUT2D eigenvalue weighted by Gasteiger charge is 2.46. The van der Waals surface area contributed by atoms with Crippen LogP contribution in [0.15, 0.2) is 42.5 Å². The van der Waals surface area contributed by atoms with E-state index in [4.69, 9.17) is 9.53 Å². The van der Waals surface area contributed by atoms with E-state index in [9.17, 15) is 9.59 Å². The summed E-state index contributed by atoms with van der Waals surface area (Å²) in [6.07, 6.45) is 10.9. The van der Waals surface area contributed by atoms with Crippen molar-refractivity contribution in [2.75, 3.05) is 0 Å². The van der Waals surface area contributed by atoms with Crippen molar-refractivity contribution in [3.8, 4) is 0 Å². The Morgan fingerprint density at radius 1 is 1.25 bits per heavy atom. The molecule has 5 heteroatoms. The van der Waals surface area contributed by atoms with Crippen molar-refractivity contribution in [1.82, 2.24) is 0 Å². The van der Waals surface area contributed by atoms with Crippen LogP contribution in [-0.2, 0) is 14.0 Å². The van der Waals surface area contributed by atoms with E-state index in [0.717, 1.165) is 12.0 Å². The van der Waals surface area contributed by atoms with Crippen molar-refractivity contribution >= 4 is 26.1 Å². The molecule has 3 atom stereocenters. The minimum atomic E-state index is -2.01. The molecular weight excluding hydrogens is 416 g/mol. The normalized spacial score (nSPS) is 22.3. The van der Waals surface area contributed by atoms with Crippen LogP contribution in [0.3, 0.4) is 0 Å². The van der Waals surface area contributed by atoms with Crippen LogP contribution in [0.25, 0.3) is 6.08 Å². The highest BCUT2D eigenvalue weighted by molar-refractivity contribution is 6.74. The van der Waals surface area contributed by atoms with Gasteiger partial charge in [0.05, 0.1) is 6.10 Å². The minimum absolute atomic E-state index is 0.0424. The summed E-state index contributed by atoms with van der Waals surface area (Å²) in [5.74, 6) is -0.554. The molecule has 1 aliphatic rings. The molecule has 1 fully saturated rings. The van der Waals surface area contributed by atoms with Gasteiger partial charge in [-0.1, -0.05) is 74.9 Å². The van der Waals surface area contributed by atoms with E-state index in [1.807, 2.05) is 12.2 Å². The molecule has 176 valence electrons. The lowest BCUT2D eigenvalue weighted by atomic mass is 9.90. The molecule has 0 radical (unpaired) electrons. The summed E-state index contributed by atoms with van der Waals surface area (Å²) in [5, 5.41) is 8.86. The van der Waals surface area contributed by atoms with Crippen LogP contribution in [0, 0.1) is 18.8 Å². The quantitative estimate of drug-likeness (QED) is 0.239. The van der Waals surface area contributed by atoms with Gasteiger partial charge < -0.3 is 9.53 Å². The van der Waals surface area contributed by atoms with E-state index in [2.05, 4.69) is 77.2 Å². The average Bonchev–Trinajstić information content (AvgIpc) is 2.95. The summed E-state index contributed by atoms with van der Waals surface area (Å²) in [4.78, 5) is 23.7. The van der Waals surface area contributed by atoms with Crippen molar-refractivity contribution in [1.29, 1.82) is 0 Å². The first-order chi connectivity index (χ1) is 14.9. The van der Waals surface area contributed by atoms with Crippen LogP contribution in [0.1, 0.15) is 64.0 Å². The number of carbonyl (C=O) groups excluding carboxylic acids is 1. The maximum atomic E-state index is 13.0. The van der Waals surface area contributed by atoms with Crippen molar-refractivity contribution in [2.45, 2.75) is 84.0 Å². The molecule has 0 aromatic heterocycles. The first-order valence-corrected chi connectivity index (χ1v) is 14.6. The Bertz CT molecular complexity index is 847. The van der Waals surface area contributed by atoms with Gasteiger partial charge in [0.2, 0.25) is 0 Å². The Labute approximate surface area is 194 Å². The third-order valence-electron chi connectivity index (χ3n) is 6.83. The second-order valence-electron chi connectivity index (χ2n) is 10.5. The van der Waals surface area contributed by atoms with Gasteiger partial charge in [0.15, 0.2) is 8.32 Å². The van der Waals surface area contributed by atoms with Gasteiger partial charge in [-0.15, -0.1) is 0 Å². The fourth-order valence-electron chi connectivity index (χ4n) is 3.91. The Kier molecular flexibility index (Phi) is 9.23. The van der Waals surface area contributed by atoms with Gasteiger partial charge in [0.1, 0.15) is 5.78 Å². The second-order valence-corrected chi connectivity index (χ2v) is 15.3. The van der Waals surface area contributed by atoms with E-state index in [-0.39, 0.29) is 35.2 Å². The summed E-state index contributed by atoms with van der Waals surface area (Å²) in [6.45, 7) is 13.3. The standard InChI is InChI=1S/C27H40O4Si/c1-20-12-11-13-21(18-20)16-17-23-22(14-9-7-8-10-15-26(29)30)24(28)19-25(23)31-32(5,6)27(2,3)4/h7,9,11-13,16-18,22-23,25H,8,10,14-15,19H2,1-6H3,(H,29,30)/b9-7-,17-16?/t22?,23-,25-/m1/s1. The van der Waals surface area contributed by atoms with Gasteiger partial charge in [0, 0.05) is 24.7 Å². The van der Waals surface area contributed by atoms with Gasteiger partial charge in [0.25, 0.3) is 0 Å². The molecule has 0 spiro atoms. The topological polar surface area (TPSA) is 63.6 Å². The van der Waals surface area contributed by atoms with Crippen LogP contribution < -0.4 is 0 Å². The number of hydrogen-bond donors (Lipinski definition) is 1. The zero-order valence-electron chi connectivity index (χ0n) is 20.6. The minimum Gasteiger partial charge on any atom is -0.481 e. The lowest BCUT2D eigenvalue weighted by Gasteiger charge is -2.39. The van der Waals surface area contributed by atoms with Crippen LogP contribution in [0.5, 0.6) is 0 Å². The maximum Gasteiger partial charge on any atom is 0.303 e. The molecule has 1 N–H and O–H groups in total. The molecule has 1 aromatic rings. The predicted molar refractivity (Wildman–Crippen MR) is 134 cm³/mol. The largest absolute Gasteiger partial charge is 0.481 e. The Hall–Kier alpha value is -1.98. The Balaban J connectivity index is 2.19. The number of carboxylic acid groups (broad SMARTS) is 1. The third kappa shape index (κ3) is 7.56. The van der Waals surface area contributed by atoms with Gasteiger partial charge in [-0.3, -0.25) is 9.59 Å². The van der Waals surface area contributed by atoms with Crippen molar-refractivity contribution in [2.24, 2.45) is 11.8 Å². The zero-order chi connectivity index (χ0) is 23.9. The predicted octanol–water partition coefficient (Wildman–Crippen LogP) is 6.81. The van der Waals surface area contributed by atoms with Crippen LogP contribution in [0.2, 0.25) is 18.1 Å². The smallest absolute Gasteiger partial charge is 0.303 e. The summed E-state index contributed by atoms with van der Waals surface area (Å²) in [7, 11) is -2.01. The molecular formula is C27H40O4Si. The molecule has 0 heterocycles. The van der Waals surface area contributed by atoms with E-state index in [0.29, 0.717) is 19.3 Å². The highest BCUT2D eigenvalue weighted by Crippen LogP contribution is 2.43. The van der Waals surface area contributed by atoms with Gasteiger partial charge in [-0.25, -0.2) is 0 Å². The molecule has 1 saturated carbocycles. The van der Waals surface area contributed by atoms with E-state index in [1.165, 1.54) is 5.56 Å². The van der Waals surface area contributed by atoms with Crippen molar-refractivity contribution in [3.05, 3.63) is 53.6 Å². The number of ketones is 1. The van der Waals surface area contributed by atoms with Gasteiger partial charge in [-0.2, -0.15) is 0 Å². The van der Waals surface area contributed by atoms with E-state index >= 15 is 0 Å². The summed E-state index contributed by atoms with van der Waals surface area (Å²) in [5.41, 5.74) is 2.35. The van der Waals surface area contributed by atoms with Gasteiger partial charge >= 0.3 is 5.97 Å². The van der Waals surface area contributed by atoms with Crippen molar-refractivity contribution < 1.29 is 19.1 Å². The highest BCUT2D eigenvalue weighted by atomic mass is 28.4. The summed E-state index contributed by atoms with van der Waals surface area (Å²) >= 11 is 0. The maximum absolute atomic E-state index is 13.0. The first-order valence-electron chi connectivity index (χ1n) is 11.7. The van der Waals surface area contributed by atoms with Gasteiger partial charge in [-0.05, 0) is 49.9 Å². The van der Waals surface area contributed by atoms with Crippen LogP contribution >= 0.6 is 0 Å². The lowest BCUT2D eigenvalue weighted by Crippen LogP contribution is -2.45. The summed E-state index contributed by atoms with van der Waals surface area (Å²) in [6, 6.07) is 8.36. The zero-order valence-corrected chi connectivity index (χ0v) is 21.6. The molecule has 1 unspecified atom stereocenters. The molecule has 2 rings (SSSR count). The molecule has 1 aliphatic carbocycles. The second kappa shape index (κ2) is 11.2. The number of benzene rings is 1. The third-order valence-corrected chi connectivity index (χ3v) is 11.3. The number of aryl methyl sites for hydroxylation is 1. The van der Waals surface area contributed by atoms with Crippen molar-refractivity contribution in [3.63, 3.8) is 0 Å². The molecule has 1 aromatic carbocycles. The van der Waals surface area contributed by atoms with Crippen LogP contribution in [0.4, 0.5) is 0 Å². The number of rotatable bonds is 10. The SMILES string of the molecule is Cc1cccc(C=C[C@@H]2C(C/C=C\CCCC(=O)O)C(=O)C[C@H]2O[Si](C)(C)C(C)(C)C)c1. The molecule has 0 saturated heterocycles. The number of carbonyl (C=O) groups is 2.